The molecule has 0 N–H and O–H groups in total. The Morgan fingerprint density at radius 3 is 2.60 bits per heavy atom. The molecule has 0 aromatic heterocycles. The lowest BCUT2D eigenvalue weighted by Crippen LogP contribution is -2.06. The Kier molecular flexibility index (Phi) is 6.04. The van der Waals surface area contributed by atoms with Gasteiger partial charge in [0, 0.05) is 19.1 Å². The summed E-state index contributed by atoms with van der Waals surface area (Å²) in [6, 6.07) is 6.62. The summed E-state index contributed by atoms with van der Waals surface area (Å²) in [5.74, 6) is -1.33. The number of nitro groups is 1. The number of esters is 2. The molecule has 0 fully saturated rings. The molecule has 30 heavy (non-hydrogen) atoms. The van der Waals surface area contributed by atoms with Crippen molar-refractivity contribution in [2.75, 3.05) is 7.11 Å². The largest absolute Gasteiger partial charge is 0.493 e. The summed E-state index contributed by atoms with van der Waals surface area (Å²) < 4.78 is 15.3. The highest BCUT2D eigenvalue weighted by atomic mass is 35.5. The van der Waals surface area contributed by atoms with Gasteiger partial charge in [-0.15, -0.1) is 0 Å². The first-order chi connectivity index (χ1) is 14.2. The first-order valence-electron chi connectivity index (χ1n) is 8.22. The van der Waals surface area contributed by atoms with E-state index in [4.69, 9.17) is 37.4 Å². The SMILES string of the molecule is COc1cc(C=C2N=C(c3cc([N+](=O)[O-])ccc3Cl)OC2=O)cc(Cl)c1OC(C)=O. The number of ether oxygens (including phenoxy) is 3. The summed E-state index contributed by atoms with van der Waals surface area (Å²) in [5.41, 5.74) is 0.187. The maximum absolute atomic E-state index is 12.2. The zero-order valence-corrected chi connectivity index (χ0v) is 17.0. The molecule has 11 heteroatoms. The minimum Gasteiger partial charge on any atom is -0.493 e. The second-order valence-corrected chi connectivity index (χ2v) is 6.70. The molecule has 9 nitrogen and oxygen atoms in total. The molecular weight excluding hydrogens is 439 g/mol. The van der Waals surface area contributed by atoms with Crippen LogP contribution in [0, 0.1) is 10.1 Å². The number of non-ortho nitro benzene ring substituents is 1. The summed E-state index contributed by atoms with van der Waals surface area (Å²) in [5, 5.41) is 11.2. The number of hydrogen-bond donors (Lipinski definition) is 0. The minimum atomic E-state index is -0.785. The van der Waals surface area contributed by atoms with E-state index in [0.29, 0.717) is 5.56 Å². The van der Waals surface area contributed by atoms with Gasteiger partial charge in [0.05, 0.1) is 27.6 Å². The molecule has 0 radical (unpaired) electrons. The number of aliphatic imine (C=N–C) groups is 1. The van der Waals surface area contributed by atoms with Gasteiger partial charge in [0.25, 0.3) is 5.69 Å². The summed E-state index contributed by atoms with van der Waals surface area (Å²) in [4.78, 5) is 37.9. The summed E-state index contributed by atoms with van der Waals surface area (Å²) in [6.45, 7) is 1.22. The van der Waals surface area contributed by atoms with Crippen LogP contribution < -0.4 is 9.47 Å². The minimum absolute atomic E-state index is 0.0374. The van der Waals surface area contributed by atoms with Crippen molar-refractivity contribution in [2.24, 2.45) is 4.99 Å². The van der Waals surface area contributed by atoms with Crippen molar-refractivity contribution in [2.45, 2.75) is 6.92 Å². The molecule has 0 amide bonds. The monoisotopic (exact) mass is 450 g/mol. The summed E-state index contributed by atoms with van der Waals surface area (Å²) in [7, 11) is 1.36. The lowest BCUT2D eigenvalue weighted by molar-refractivity contribution is -0.384. The number of hydrogen-bond acceptors (Lipinski definition) is 8. The van der Waals surface area contributed by atoms with Gasteiger partial charge < -0.3 is 14.2 Å². The molecule has 3 rings (SSSR count). The molecule has 154 valence electrons. The molecule has 0 saturated carbocycles. The fraction of sp³-hybridized carbons (Fsp3) is 0.105. The van der Waals surface area contributed by atoms with E-state index < -0.39 is 16.9 Å². The Balaban J connectivity index is 2.01. The molecule has 0 atom stereocenters. The molecule has 0 aliphatic carbocycles. The number of methoxy groups -OCH3 is 1. The second-order valence-electron chi connectivity index (χ2n) is 5.89. The predicted octanol–water partition coefficient (Wildman–Crippen LogP) is 4.18. The number of carbonyl (C=O) groups excluding carboxylic acids is 2. The van der Waals surface area contributed by atoms with E-state index >= 15 is 0 Å². The molecule has 1 aliphatic heterocycles. The van der Waals surface area contributed by atoms with Crippen LogP contribution in [0.5, 0.6) is 11.5 Å². The number of halogens is 2. The van der Waals surface area contributed by atoms with Crippen molar-refractivity contribution in [3.63, 3.8) is 0 Å². The highest BCUT2D eigenvalue weighted by Crippen LogP contribution is 2.37. The first-order valence-corrected chi connectivity index (χ1v) is 8.98. The zero-order chi connectivity index (χ0) is 22.0. The molecule has 0 bridgehead atoms. The van der Waals surface area contributed by atoms with Crippen LogP contribution in [-0.4, -0.2) is 29.9 Å². The quantitative estimate of drug-likeness (QED) is 0.220. The number of benzene rings is 2. The van der Waals surface area contributed by atoms with Crippen LogP contribution in [0.15, 0.2) is 41.0 Å². The third-order valence-electron chi connectivity index (χ3n) is 3.81. The van der Waals surface area contributed by atoms with E-state index in [1.54, 1.807) is 0 Å². The Morgan fingerprint density at radius 1 is 1.23 bits per heavy atom. The zero-order valence-electron chi connectivity index (χ0n) is 15.5. The fourth-order valence-corrected chi connectivity index (χ4v) is 2.99. The van der Waals surface area contributed by atoms with E-state index in [1.807, 2.05) is 0 Å². The first kappa shape index (κ1) is 21.3. The van der Waals surface area contributed by atoms with E-state index in [9.17, 15) is 19.7 Å². The Hall–Kier alpha value is -3.43. The summed E-state index contributed by atoms with van der Waals surface area (Å²) >= 11 is 12.2. The number of carbonyl (C=O) groups is 2. The lowest BCUT2D eigenvalue weighted by atomic mass is 10.1. The van der Waals surface area contributed by atoms with Gasteiger partial charge in [-0.3, -0.25) is 14.9 Å². The predicted molar refractivity (Wildman–Crippen MR) is 108 cm³/mol. The van der Waals surface area contributed by atoms with Crippen LogP contribution in [-0.2, 0) is 14.3 Å². The van der Waals surface area contributed by atoms with Crippen LogP contribution in [0.2, 0.25) is 10.0 Å². The highest BCUT2D eigenvalue weighted by Gasteiger charge is 2.27. The highest BCUT2D eigenvalue weighted by molar-refractivity contribution is 6.34. The molecule has 0 saturated heterocycles. The Morgan fingerprint density at radius 2 is 1.97 bits per heavy atom. The Bertz CT molecular complexity index is 1140. The van der Waals surface area contributed by atoms with Gasteiger partial charge in [-0.1, -0.05) is 23.2 Å². The molecule has 1 aliphatic rings. The molecule has 0 spiro atoms. The van der Waals surface area contributed by atoms with Crippen molar-refractivity contribution >= 4 is 52.8 Å². The fourth-order valence-electron chi connectivity index (χ4n) is 2.54. The van der Waals surface area contributed by atoms with Gasteiger partial charge in [0.15, 0.2) is 17.2 Å². The normalized spacial score (nSPS) is 14.3. The van der Waals surface area contributed by atoms with E-state index in [1.165, 1.54) is 44.4 Å². The van der Waals surface area contributed by atoms with Crippen LogP contribution >= 0.6 is 23.2 Å². The van der Waals surface area contributed by atoms with Gasteiger partial charge in [-0.25, -0.2) is 9.79 Å². The van der Waals surface area contributed by atoms with Gasteiger partial charge in [-0.2, -0.15) is 0 Å². The average Bonchev–Trinajstić information content (AvgIpc) is 3.03. The molecule has 2 aromatic carbocycles. The maximum atomic E-state index is 12.2. The maximum Gasteiger partial charge on any atom is 0.363 e. The van der Waals surface area contributed by atoms with Crippen LogP contribution in [0.25, 0.3) is 6.08 Å². The number of rotatable bonds is 5. The van der Waals surface area contributed by atoms with Crippen LogP contribution in [0.3, 0.4) is 0 Å². The number of nitro benzene ring substituents is 1. The van der Waals surface area contributed by atoms with Crippen molar-refractivity contribution < 1.29 is 28.7 Å². The van der Waals surface area contributed by atoms with E-state index in [2.05, 4.69) is 4.99 Å². The van der Waals surface area contributed by atoms with Gasteiger partial charge in [0.1, 0.15) is 0 Å². The third-order valence-corrected chi connectivity index (χ3v) is 4.42. The van der Waals surface area contributed by atoms with E-state index in [0.717, 1.165) is 6.07 Å². The van der Waals surface area contributed by atoms with Crippen molar-refractivity contribution in [3.8, 4) is 11.5 Å². The van der Waals surface area contributed by atoms with Crippen molar-refractivity contribution in [3.05, 3.63) is 67.3 Å². The van der Waals surface area contributed by atoms with Gasteiger partial charge in [-0.05, 0) is 29.8 Å². The molecule has 0 unspecified atom stereocenters. The van der Waals surface area contributed by atoms with E-state index in [-0.39, 0.29) is 44.4 Å². The van der Waals surface area contributed by atoms with Crippen molar-refractivity contribution in [1.29, 1.82) is 0 Å². The third kappa shape index (κ3) is 4.42. The van der Waals surface area contributed by atoms with Gasteiger partial charge >= 0.3 is 11.9 Å². The number of nitrogens with zero attached hydrogens (tertiary/aromatic N) is 2. The van der Waals surface area contributed by atoms with Crippen LogP contribution in [0.4, 0.5) is 5.69 Å². The van der Waals surface area contributed by atoms with Crippen LogP contribution in [0.1, 0.15) is 18.1 Å². The topological polar surface area (TPSA) is 117 Å². The molecular formula is C19H12Cl2N2O7. The van der Waals surface area contributed by atoms with Gasteiger partial charge in [0.2, 0.25) is 5.90 Å². The smallest absolute Gasteiger partial charge is 0.363 e. The standard InChI is InChI=1S/C19H12Cl2N2O7/c1-9(24)29-17-14(21)5-10(7-16(17)28-2)6-15-19(25)30-18(22-15)12-8-11(23(26)27)3-4-13(12)20/h3-8H,1-2H3. The average molecular weight is 451 g/mol. The van der Waals surface area contributed by atoms with Crippen molar-refractivity contribution in [1.82, 2.24) is 0 Å². The lowest BCUT2D eigenvalue weighted by Gasteiger charge is -2.10. The number of cyclic esters (lactones) is 1. The second kappa shape index (κ2) is 8.52. The summed E-state index contributed by atoms with van der Waals surface area (Å²) in [6.07, 6.45) is 1.37. The molecule has 2 aromatic rings. The Labute approximate surface area is 179 Å². The molecule has 1 heterocycles.